The fourth-order valence-electron chi connectivity index (χ4n) is 3.05. The molecule has 4 aromatic rings. The van der Waals surface area contributed by atoms with Crippen molar-refractivity contribution in [3.63, 3.8) is 0 Å². The summed E-state index contributed by atoms with van der Waals surface area (Å²) >= 11 is 1.74. The van der Waals surface area contributed by atoms with E-state index in [1.807, 2.05) is 30.3 Å². The molecule has 0 bridgehead atoms. The van der Waals surface area contributed by atoms with Gasteiger partial charge in [0.25, 0.3) is 0 Å². The molecular weight excluding hydrogens is 358 g/mol. The van der Waals surface area contributed by atoms with Crippen LogP contribution >= 0.6 is 11.3 Å². The van der Waals surface area contributed by atoms with Crippen LogP contribution in [-0.2, 0) is 6.54 Å². The van der Waals surface area contributed by atoms with Gasteiger partial charge in [-0.3, -0.25) is 0 Å². The Kier molecular flexibility index (Phi) is 3.72. The summed E-state index contributed by atoms with van der Waals surface area (Å²) in [7, 11) is 0. The summed E-state index contributed by atoms with van der Waals surface area (Å²) in [6, 6.07) is 14.3. The molecule has 5 rings (SSSR count). The molecule has 0 unspecified atom stereocenters. The second-order valence-corrected chi connectivity index (χ2v) is 7.33. The van der Waals surface area contributed by atoms with E-state index in [0.717, 1.165) is 11.1 Å². The van der Waals surface area contributed by atoms with E-state index in [4.69, 9.17) is 0 Å². The molecular formula is C20H15N5OS. The number of thiophene rings is 1. The van der Waals surface area contributed by atoms with E-state index in [1.54, 1.807) is 23.7 Å². The van der Waals surface area contributed by atoms with Gasteiger partial charge in [-0.25, -0.2) is 9.98 Å². The summed E-state index contributed by atoms with van der Waals surface area (Å²) in [5, 5.41) is 14.6. The molecule has 1 aromatic carbocycles. The third kappa shape index (κ3) is 2.98. The van der Waals surface area contributed by atoms with Gasteiger partial charge in [-0.05, 0) is 35.7 Å². The van der Waals surface area contributed by atoms with E-state index in [1.165, 1.54) is 15.0 Å². The number of nitrogens with one attached hydrogen (secondary N) is 2. The molecule has 0 aliphatic carbocycles. The normalized spacial score (nSPS) is 14.1. The third-order valence-corrected chi connectivity index (χ3v) is 5.46. The van der Waals surface area contributed by atoms with Gasteiger partial charge in [0.1, 0.15) is 5.69 Å². The van der Waals surface area contributed by atoms with Crippen molar-refractivity contribution in [3.05, 3.63) is 64.8 Å². The molecule has 0 fully saturated rings. The topological polar surface area (TPSA) is 86.2 Å². The van der Waals surface area contributed by atoms with Crippen LogP contribution in [0.25, 0.3) is 21.7 Å². The van der Waals surface area contributed by atoms with Crippen LogP contribution in [0.3, 0.4) is 0 Å². The van der Waals surface area contributed by atoms with Crippen molar-refractivity contribution < 1.29 is 5.11 Å². The lowest BCUT2D eigenvalue weighted by Crippen LogP contribution is -1.98. The van der Waals surface area contributed by atoms with Crippen molar-refractivity contribution in [1.82, 2.24) is 15.0 Å². The largest absolute Gasteiger partial charge is 0.492 e. The summed E-state index contributed by atoms with van der Waals surface area (Å²) in [4.78, 5) is 17.0. The van der Waals surface area contributed by atoms with Crippen LogP contribution in [0, 0.1) is 0 Å². The van der Waals surface area contributed by atoms with Crippen molar-refractivity contribution in [2.75, 3.05) is 5.32 Å². The number of H-pyrrole nitrogens is 1. The second-order valence-electron chi connectivity index (χ2n) is 6.16. The zero-order valence-electron chi connectivity index (χ0n) is 14.2. The van der Waals surface area contributed by atoms with Gasteiger partial charge >= 0.3 is 0 Å². The number of hydrogen-bond donors (Lipinski definition) is 3. The smallest absolute Gasteiger partial charge is 0.238 e. The summed E-state index contributed by atoms with van der Waals surface area (Å²) in [6.45, 7) is 0.635. The first-order valence-corrected chi connectivity index (χ1v) is 9.29. The second kappa shape index (κ2) is 6.37. The zero-order valence-corrected chi connectivity index (χ0v) is 15.0. The molecule has 0 spiro atoms. The Labute approximate surface area is 159 Å². The molecule has 3 N–H and O–H groups in total. The zero-order chi connectivity index (χ0) is 18.2. The average molecular weight is 373 g/mol. The van der Waals surface area contributed by atoms with Crippen LogP contribution in [0.2, 0.25) is 0 Å². The van der Waals surface area contributed by atoms with Gasteiger partial charge in [0, 0.05) is 33.1 Å². The Morgan fingerprint density at radius 3 is 3.04 bits per heavy atom. The number of benzene rings is 1. The molecule has 7 heteroatoms. The van der Waals surface area contributed by atoms with Crippen LogP contribution in [0.5, 0.6) is 5.88 Å². The number of pyridine rings is 1. The van der Waals surface area contributed by atoms with Crippen LogP contribution in [0.15, 0.2) is 53.7 Å². The standard InChI is InChI=1S/C20H15N5OS/c26-19-16(9-13-10-22-18-15(13)5-3-7-21-18)24-20(25-19)23-11-14-8-12-4-1-2-6-17(12)27-14/h1-10,26H,11H2,(H2,23,24,25). The lowest BCUT2D eigenvalue weighted by atomic mass is 10.1. The molecule has 4 heterocycles. The summed E-state index contributed by atoms with van der Waals surface area (Å²) in [5.41, 5.74) is 2.35. The third-order valence-electron chi connectivity index (χ3n) is 4.34. The maximum atomic E-state index is 10.2. The number of aromatic hydroxyl groups is 1. The Balaban J connectivity index is 1.36. The predicted molar refractivity (Wildman–Crippen MR) is 110 cm³/mol. The maximum Gasteiger partial charge on any atom is 0.238 e. The summed E-state index contributed by atoms with van der Waals surface area (Å²) in [6.07, 6.45) is 5.27. The first kappa shape index (κ1) is 15.8. The lowest BCUT2D eigenvalue weighted by molar-refractivity contribution is 0.455. The van der Waals surface area contributed by atoms with Gasteiger partial charge in [-0.2, -0.15) is 4.98 Å². The molecule has 0 atom stereocenters. The molecule has 1 aliphatic heterocycles. The quantitative estimate of drug-likeness (QED) is 0.488. The van der Waals surface area contributed by atoms with E-state index >= 15 is 0 Å². The van der Waals surface area contributed by atoms with Gasteiger partial charge < -0.3 is 15.4 Å². The number of nitrogens with zero attached hydrogens (tertiary/aromatic N) is 3. The Hall–Kier alpha value is -3.45. The summed E-state index contributed by atoms with van der Waals surface area (Å²) < 4.78 is 1.26. The average Bonchev–Trinajstić information content (AvgIpc) is 3.38. The number of allylic oxidation sites excluding steroid dienone is 1. The molecule has 27 heavy (non-hydrogen) atoms. The van der Waals surface area contributed by atoms with Crippen molar-refractivity contribution in [3.8, 4) is 5.88 Å². The van der Waals surface area contributed by atoms with Crippen molar-refractivity contribution in [2.45, 2.75) is 6.54 Å². The molecule has 1 aliphatic rings. The lowest BCUT2D eigenvalue weighted by Gasteiger charge is -1.99. The van der Waals surface area contributed by atoms with Crippen molar-refractivity contribution >= 4 is 51.1 Å². The number of fused-ring (bicyclic) bond motifs is 2. The Bertz CT molecular complexity index is 1170. The highest BCUT2D eigenvalue weighted by Gasteiger charge is 2.15. The van der Waals surface area contributed by atoms with E-state index in [-0.39, 0.29) is 5.88 Å². The van der Waals surface area contributed by atoms with Gasteiger partial charge in [0.05, 0.1) is 6.54 Å². The number of hydrogen-bond acceptors (Lipinski definition) is 6. The number of aromatic nitrogens is 3. The van der Waals surface area contributed by atoms with E-state index in [9.17, 15) is 5.11 Å². The molecule has 0 amide bonds. The van der Waals surface area contributed by atoms with E-state index in [2.05, 4.69) is 43.5 Å². The van der Waals surface area contributed by atoms with Gasteiger partial charge in [-0.15, -0.1) is 11.3 Å². The van der Waals surface area contributed by atoms with E-state index < -0.39 is 0 Å². The molecule has 0 saturated carbocycles. The highest BCUT2D eigenvalue weighted by Crippen LogP contribution is 2.32. The van der Waals surface area contributed by atoms with Crippen LogP contribution in [0.4, 0.5) is 11.8 Å². The van der Waals surface area contributed by atoms with Crippen LogP contribution < -0.4 is 5.32 Å². The highest BCUT2D eigenvalue weighted by atomic mass is 32.1. The minimum absolute atomic E-state index is 0.0490. The fourth-order valence-corrected chi connectivity index (χ4v) is 4.06. The minimum Gasteiger partial charge on any atom is -0.492 e. The predicted octanol–water partition coefficient (Wildman–Crippen LogP) is 4.59. The highest BCUT2D eigenvalue weighted by molar-refractivity contribution is 7.19. The number of imidazole rings is 1. The molecule has 132 valence electrons. The van der Waals surface area contributed by atoms with Crippen molar-refractivity contribution in [2.24, 2.45) is 4.99 Å². The molecule has 6 nitrogen and oxygen atoms in total. The SMILES string of the molecule is Oc1nc(NCc2cc3ccccc3s2)[nH]c1C=C1C=Nc2ncccc21. The van der Waals surface area contributed by atoms with E-state index in [0.29, 0.717) is 24.0 Å². The minimum atomic E-state index is -0.0490. The van der Waals surface area contributed by atoms with Gasteiger partial charge in [0.15, 0.2) is 5.82 Å². The van der Waals surface area contributed by atoms with Crippen LogP contribution in [0.1, 0.15) is 16.1 Å². The number of anilines is 1. The molecule has 3 aromatic heterocycles. The number of rotatable bonds is 4. The Morgan fingerprint density at radius 2 is 2.11 bits per heavy atom. The summed E-state index contributed by atoms with van der Waals surface area (Å²) in [5.74, 6) is 1.16. The molecule has 0 radical (unpaired) electrons. The number of aliphatic imine (C=N–C) groups is 1. The first-order chi connectivity index (χ1) is 13.3. The first-order valence-electron chi connectivity index (χ1n) is 8.48. The van der Waals surface area contributed by atoms with Gasteiger partial charge in [0.2, 0.25) is 11.8 Å². The van der Waals surface area contributed by atoms with Crippen LogP contribution in [-0.4, -0.2) is 26.3 Å². The Morgan fingerprint density at radius 1 is 1.19 bits per heavy atom. The molecule has 0 saturated heterocycles. The van der Waals surface area contributed by atoms with Gasteiger partial charge in [-0.1, -0.05) is 18.2 Å². The monoisotopic (exact) mass is 373 g/mol. The fraction of sp³-hybridized carbons (Fsp3) is 0.0500. The van der Waals surface area contributed by atoms with Crippen molar-refractivity contribution in [1.29, 1.82) is 0 Å². The number of aromatic amines is 1. The maximum absolute atomic E-state index is 10.2.